The topological polar surface area (TPSA) is 64.4 Å². The van der Waals surface area contributed by atoms with Crippen LogP contribution in [-0.4, -0.2) is 30.2 Å². The van der Waals surface area contributed by atoms with Gasteiger partial charge in [0.1, 0.15) is 0 Å². The van der Waals surface area contributed by atoms with E-state index in [2.05, 4.69) is 5.32 Å². The Morgan fingerprint density at radius 1 is 1.47 bits per heavy atom. The monoisotopic (exact) mass is 212 g/mol. The van der Waals surface area contributed by atoms with Crippen molar-refractivity contribution in [3.05, 3.63) is 0 Å². The lowest BCUT2D eigenvalue weighted by Crippen LogP contribution is -2.50. The Morgan fingerprint density at radius 2 is 2.20 bits per heavy atom. The van der Waals surface area contributed by atoms with Gasteiger partial charge in [-0.1, -0.05) is 13.8 Å². The minimum absolute atomic E-state index is 0.0360. The molecule has 2 heterocycles. The summed E-state index contributed by atoms with van der Waals surface area (Å²) >= 11 is 0. The molecule has 3 unspecified atom stereocenters. The van der Waals surface area contributed by atoms with Gasteiger partial charge in [0.2, 0.25) is 5.91 Å². The van der Waals surface area contributed by atoms with Crippen molar-refractivity contribution in [3.8, 4) is 0 Å². The van der Waals surface area contributed by atoms with Gasteiger partial charge in [0.05, 0.1) is 24.3 Å². The molecule has 0 spiro atoms. The van der Waals surface area contributed by atoms with E-state index in [4.69, 9.17) is 10.5 Å². The first-order valence-electron chi connectivity index (χ1n) is 5.79. The molecule has 4 atom stereocenters. The van der Waals surface area contributed by atoms with Gasteiger partial charge < -0.3 is 15.8 Å². The number of carbonyl (C=O) groups excluding carboxylic acids is 1. The van der Waals surface area contributed by atoms with Gasteiger partial charge in [-0.05, 0) is 25.2 Å². The number of hydrogen-bond donors (Lipinski definition) is 2. The molecule has 0 saturated carbocycles. The zero-order valence-corrected chi connectivity index (χ0v) is 9.40. The molecule has 2 rings (SSSR count). The lowest BCUT2D eigenvalue weighted by Gasteiger charge is -2.23. The van der Waals surface area contributed by atoms with Crippen LogP contribution in [0.1, 0.15) is 33.1 Å². The van der Waals surface area contributed by atoms with Gasteiger partial charge in [0.15, 0.2) is 0 Å². The molecule has 0 aromatic heterocycles. The Bertz CT molecular complexity index is 255. The van der Waals surface area contributed by atoms with Crippen molar-refractivity contribution in [2.24, 2.45) is 11.7 Å². The van der Waals surface area contributed by atoms with Gasteiger partial charge in [-0.2, -0.15) is 0 Å². The summed E-state index contributed by atoms with van der Waals surface area (Å²) in [4.78, 5) is 11.7. The van der Waals surface area contributed by atoms with Crippen LogP contribution in [0.3, 0.4) is 0 Å². The van der Waals surface area contributed by atoms with Crippen LogP contribution in [0.25, 0.3) is 0 Å². The molecule has 0 aromatic carbocycles. The molecule has 15 heavy (non-hydrogen) atoms. The minimum atomic E-state index is -0.399. The van der Waals surface area contributed by atoms with E-state index >= 15 is 0 Å². The molecule has 2 fully saturated rings. The van der Waals surface area contributed by atoms with Crippen molar-refractivity contribution < 1.29 is 9.53 Å². The van der Waals surface area contributed by atoms with Crippen LogP contribution in [0.15, 0.2) is 0 Å². The second kappa shape index (κ2) is 4.10. The molecular formula is C11H20N2O2. The second-order valence-corrected chi connectivity index (χ2v) is 4.99. The zero-order valence-electron chi connectivity index (χ0n) is 9.40. The maximum atomic E-state index is 11.7. The van der Waals surface area contributed by atoms with Crippen LogP contribution < -0.4 is 11.1 Å². The molecule has 1 amide bonds. The standard InChI is InChI=1S/C11H20N2O2/c1-6(2)10(12)11(14)13-8-5-7-3-4-9(8)15-7/h6-10H,3-5,12H2,1-2H3,(H,13,14)/t7?,8?,9?,10-/m1/s1. The summed E-state index contributed by atoms with van der Waals surface area (Å²) in [6.07, 6.45) is 3.79. The van der Waals surface area contributed by atoms with E-state index in [0.717, 1.165) is 19.3 Å². The number of amides is 1. The molecule has 86 valence electrons. The summed E-state index contributed by atoms with van der Waals surface area (Å²) in [5, 5.41) is 3.00. The fourth-order valence-electron chi connectivity index (χ4n) is 2.37. The Balaban J connectivity index is 1.85. The highest BCUT2D eigenvalue weighted by Crippen LogP contribution is 2.34. The summed E-state index contributed by atoms with van der Waals surface area (Å²) in [6.45, 7) is 3.92. The number of rotatable bonds is 3. The number of fused-ring (bicyclic) bond motifs is 2. The molecule has 4 nitrogen and oxygen atoms in total. The number of hydrogen-bond acceptors (Lipinski definition) is 3. The Labute approximate surface area is 90.5 Å². The first-order valence-corrected chi connectivity index (χ1v) is 5.79. The predicted molar refractivity (Wildman–Crippen MR) is 57.3 cm³/mol. The SMILES string of the molecule is CC(C)[C@@H](N)C(=O)NC1CC2CCC1O2. The van der Waals surface area contributed by atoms with Gasteiger partial charge in [-0.15, -0.1) is 0 Å². The lowest BCUT2D eigenvalue weighted by atomic mass is 9.94. The fourth-order valence-corrected chi connectivity index (χ4v) is 2.37. The molecule has 4 heteroatoms. The largest absolute Gasteiger partial charge is 0.373 e. The molecular weight excluding hydrogens is 192 g/mol. The highest BCUT2D eigenvalue weighted by atomic mass is 16.5. The van der Waals surface area contributed by atoms with E-state index in [-0.39, 0.29) is 24.0 Å². The van der Waals surface area contributed by atoms with Gasteiger partial charge in [0, 0.05) is 0 Å². The number of ether oxygens (including phenoxy) is 1. The van der Waals surface area contributed by atoms with Crippen molar-refractivity contribution in [1.29, 1.82) is 0 Å². The van der Waals surface area contributed by atoms with E-state index in [1.54, 1.807) is 0 Å². The summed E-state index contributed by atoms with van der Waals surface area (Å²) in [5.74, 6) is 0.149. The number of nitrogens with two attached hydrogens (primary N) is 1. The molecule has 2 aliphatic heterocycles. The van der Waals surface area contributed by atoms with Crippen molar-refractivity contribution in [3.63, 3.8) is 0 Å². The molecule has 2 bridgehead atoms. The molecule has 0 aromatic rings. The normalized spacial score (nSPS) is 35.9. The third-order valence-electron chi connectivity index (χ3n) is 3.45. The maximum absolute atomic E-state index is 11.7. The fraction of sp³-hybridized carbons (Fsp3) is 0.909. The van der Waals surface area contributed by atoms with E-state index in [9.17, 15) is 4.79 Å². The Morgan fingerprint density at radius 3 is 2.67 bits per heavy atom. The average Bonchev–Trinajstić information content (AvgIpc) is 2.77. The van der Waals surface area contributed by atoms with Crippen LogP contribution in [0.4, 0.5) is 0 Å². The molecule has 2 saturated heterocycles. The summed E-state index contributed by atoms with van der Waals surface area (Å²) in [7, 11) is 0. The van der Waals surface area contributed by atoms with Crippen LogP contribution >= 0.6 is 0 Å². The average molecular weight is 212 g/mol. The van der Waals surface area contributed by atoms with Crippen LogP contribution in [0, 0.1) is 5.92 Å². The highest BCUT2D eigenvalue weighted by Gasteiger charge is 2.41. The van der Waals surface area contributed by atoms with E-state index in [1.807, 2.05) is 13.8 Å². The second-order valence-electron chi connectivity index (χ2n) is 4.99. The van der Waals surface area contributed by atoms with Crippen molar-refractivity contribution >= 4 is 5.91 Å². The maximum Gasteiger partial charge on any atom is 0.237 e. The van der Waals surface area contributed by atoms with Crippen molar-refractivity contribution in [1.82, 2.24) is 5.32 Å². The van der Waals surface area contributed by atoms with Gasteiger partial charge >= 0.3 is 0 Å². The molecule has 0 aliphatic carbocycles. The molecule has 3 N–H and O–H groups in total. The van der Waals surface area contributed by atoms with Crippen LogP contribution in [-0.2, 0) is 9.53 Å². The smallest absolute Gasteiger partial charge is 0.237 e. The Kier molecular flexibility index (Phi) is 2.98. The van der Waals surface area contributed by atoms with E-state index in [0.29, 0.717) is 6.10 Å². The molecule has 2 aliphatic rings. The van der Waals surface area contributed by atoms with Gasteiger partial charge in [0.25, 0.3) is 0 Å². The minimum Gasteiger partial charge on any atom is -0.373 e. The first kappa shape index (κ1) is 10.9. The lowest BCUT2D eigenvalue weighted by molar-refractivity contribution is -0.124. The summed E-state index contributed by atoms with van der Waals surface area (Å²) in [6, 6.07) is -0.204. The number of nitrogens with one attached hydrogen (secondary N) is 1. The van der Waals surface area contributed by atoms with Crippen molar-refractivity contribution in [2.75, 3.05) is 0 Å². The highest BCUT2D eigenvalue weighted by molar-refractivity contribution is 5.82. The predicted octanol–water partition coefficient (Wildman–Crippen LogP) is 0.406. The summed E-state index contributed by atoms with van der Waals surface area (Å²) in [5.41, 5.74) is 5.78. The van der Waals surface area contributed by atoms with E-state index in [1.165, 1.54) is 0 Å². The van der Waals surface area contributed by atoms with Crippen LogP contribution in [0.5, 0.6) is 0 Å². The van der Waals surface area contributed by atoms with Crippen molar-refractivity contribution in [2.45, 2.75) is 57.4 Å². The molecule has 0 radical (unpaired) electrons. The van der Waals surface area contributed by atoms with Gasteiger partial charge in [-0.25, -0.2) is 0 Å². The zero-order chi connectivity index (χ0) is 11.0. The first-order chi connectivity index (χ1) is 7.08. The third-order valence-corrected chi connectivity index (χ3v) is 3.45. The van der Waals surface area contributed by atoms with Gasteiger partial charge in [-0.3, -0.25) is 4.79 Å². The van der Waals surface area contributed by atoms with E-state index < -0.39 is 6.04 Å². The Hall–Kier alpha value is -0.610. The summed E-state index contributed by atoms with van der Waals surface area (Å²) < 4.78 is 5.67. The number of carbonyl (C=O) groups is 1. The third kappa shape index (κ3) is 2.16. The van der Waals surface area contributed by atoms with Crippen LogP contribution in [0.2, 0.25) is 0 Å². The quantitative estimate of drug-likeness (QED) is 0.712.